The third-order valence-corrected chi connectivity index (χ3v) is 2.70. The van der Waals surface area contributed by atoms with E-state index in [0.717, 1.165) is 0 Å². The van der Waals surface area contributed by atoms with E-state index in [2.05, 4.69) is 16.1 Å². The molecule has 0 N–H and O–H groups in total. The van der Waals surface area contributed by atoms with E-state index in [4.69, 9.17) is 9.47 Å². The first-order valence-electron chi connectivity index (χ1n) is 6.05. The minimum absolute atomic E-state index is 0.115. The molecule has 114 valence electrons. The lowest BCUT2D eigenvalue weighted by atomic mass is 9.86. The molecule has 0 rings (SSSR count). The molecule has 1 unspecified atom stereocenters. The monoisotopic (exact) mass is 286 g/mol. The van der Waals surface area contributed by atoms with Crippen LogP contribution in [0.4, 0.5) is 0 Å². The highest BCUT2D eigenvalue weighted by Crippen LogP contribution is 2.25. The van der Waals surface area contributed by atoms with E-state index in [0.29, 0.717) is 6.61 Å². The molecule has 0 aromatic rings. The number of methoxy groups -OCH3 is 3. The molecule has 0 aliphatic heterocycles. The second-order valence-corrected chi connectivity index (χ2v) is 4.17. The van der Waals surface area contributed by atoms with E-state index in [1.807, 2.05) is 0 Å². The molecule has 0 heterocycles. The number of carbonyl (C=O) groups excluding carboxylic acids is 2. The van der Waals surface area contributed by atoms with Gasteiger partial charge in [0, 0.05) is 7.11 Å². The van der Waals surface area contributed by atoms with Crippen molar-refractivity contribution < 1.29 is 28.5 Å². The lowest BCUT2D eigenvalue weighted by molar-refractivity contribution is -0.167. The van der Waals surface area contributed by atoms with Crippen LogP contribution in [0.3, 0.4) is 0 Å². The Morgan fingerprint density at radius 1 is 1.20 bits per heavy atom. The van der Waals surface area contributed by atoms with Crippen molar-refractivity contribution in [1.82, 2.24) is 0 Å². The van der Waals surface area contributed by atoms with Gasteiger partial charge < -0.3 is 18.9 Å². The van der Waals surface area contributed by atoms with E-state index in [1.54, 1.807) is 18.2 Å². The van der Waals surface area contributed by atoms with Crippen LogP contribution in [0, 0.1) is 5.41 Å². The Balaban J connectivity index is 4.79. The van der Waals surface area contributed by atoms with Gasteiger partial charge in [0.2, 0.25) is 0 Å². The second-order valence-electron chi connectivity index (χ2n) is 4.17. The SMILES string of the molecule is C=CCOC(/C=C/CC(C)(C(=O)OC)C(=O)OC)OC. The first kappa shape index (κ1) is 18.3. The standard InChI is InChI=1S/C14H22O6/c1-6-10-20-11(17-3)8-7-9-14(2,12(15)18-4)13(16)19-5/h6-8,11H,1,9-10H2,2-5H3/b8-7+. The molecule has 0 saturated carbocycles. The minimum atomic E-state index is -1.39. The zero-order valence-electron chi connectivity index (χ0n) is 12.4. The fourth-order valence-corrected chi connectivity index (χ4v) is 1.48. The maximum absolute atomic E-state index is 11.7. The molecular formula is C14H22O6. The number of allylic oxidation sites excluding steroid dienone is 1. The highest BCUT2D eigenvalue weighted by atomic mass is 16.7. The van der Waals surface area contributed by atoms with Crippen LogP contribution < -0.4 is 0 Å². The van der Waals surface area contributed by atoms with Crippen molar-refractivity contribution in [3.05, 3.63) is 24.8 Å². The second kappa shape index (κ2) is 9.28. The molecule has 0 aliphatic carbocycles. The lowest BCUT2D eigenvalue weighted by Crippen LogP contribution is -2.38. The third-order valence-electron chi connectivity index (χ3n) is 2.70. The smallest absolute Gasteiger partial charge is 0.323 e. The Bertz CT molecular complexity index is 345. The molecule has 0 radical (unpaired) electrons. The van der Waals surface area contributed by atoms with Gasteiger partial charge in [0.15, 0.2) is 11.7 Å². The molecule has 0 aromatic carbocycles. The highest BCUT2D eigenvalue weighted by molar-refractivity contribution is 5.99. The first-order chi connectivity index (χ1) is 9.46. The fourth-order valence-electron chi connectivity index (χ4n) is 1.48. The summed E-state index contributed by atoms with van der Waals surface area (Å²) in [5.41, 5.74) is -1.39. The van der Waals surface area contributed by atoms with Gasteiger partial charge >= 0.3 is 11.9 Å². The Morgan fingerprint density at radius 3 is 2.15 bits per heavy atom. The van der Waals surface area contributed by atoms with Gasteiger partial charge in [-0.1, -0.05) is 12.2 Å². The van der Waals surface area contributed by atoms with Crippen LogP contribution in [-0.4, -0.2) is 46.2 Å². The van der Waals surface area contributed by atoms with Gasteiger partial charge in [0.25, 0.3) is 0 Å². The number of rotatable bonds is 9. The molecule has 0 aliphatic rings. The zero-order valence-corrected chi connectivity index (χ0v) is 12.4. The number of hydrogen-bond donors (Lipinski definition) is 0. The summed E-state index contributed by atoms with van der Waals surface area (Å²) in [4.78, 5) is 23.4. The molecule has 0 bridgehead atoms. The summed E-state index contributed by atoms with van der Waals surface area (Å²) in [6, 6.07) is 0. The molecule has 6 heteroatoms. The van der Waals surface area contributed by atoms with Gasteiger partial charge in [0.05, 0.1) is 20.8 Å². The summed E-state index contributed by atoms with van der Waals surface area (Å²) in [7, 11) is 3.93. The summed E-state index contributed by atoms with van der Waals surface area (Å²) in [5.74, 6) is -1.31. The van der Waals surface area contributed by atoms with Crippen LogP contribution >= 0.6 is 0 Å². The van der Waals surface area contributed by atoms with E-state index < -0.39 is 23.6 Å². The fraction of sp³-hybridized carbons (Fsp3) is 0.571. The van der Waals surface area contributed by atoms with Crippen LogP contribution in [0.5, 0.6) is 0 Å². The van der Waals surface area contributed by atoms with Gasteiger partial charge in [-0.25, -0.2) is 0 Å². The van der Waals surface area contributed by atoms with Crippen molar-refractivity contribution in [2.45, 2.75) is 19.6 Å². The normalized spacial score (nSPS) is 13.0. The zero-order chi connectivity index (χ0) is 15.6. The molecule has 6 nitrogen and oxygen atoms in total. The average Bonchev–Trinajstić information content (AvgIpc) is 2.48. The number of hydrogen-bond acceptors (Lipinski definition) is 6. The van der Waals surface area contributed by atoms with Crippen LogP contribution in [-0.2, 0) is 28.5 Å². The largest absolute Gasteiger partial charge is 0.468 e. The lowest BCUT2D eigenvalue weighted by Gasteiger charge is -2.22. The highest BCUT2D eigenvalue weighted by Gasteiger charge is 2.42. The predicted octanol–water partition coefficient (Wildman–Crippen LogP) is 1.46. The Labute approximate surface area is 119 Å². The van der Waals surface area contributed by atoms with Crippen molar-refractivity contribution in [2.24, 2.45) is 5.41 Å². The number of carbonyl (C=O) groups is 2. The van der Waals surface area contributed by atoms with Crippen LogP contribution in [0.2, 0.25) is 0 Å². The summed E-state index contributed by atoms with van der Waals surface area (Å²) >= 11 is 0. The molecule has 0 aromatic heterocycles. The Hall–Kier alpha value is -1.66. The van der Waals surface area contributed by atoms with Crippen molar-refractivity contribution in [2.75, 3.05) is 27.9 Å². The van der Waals surface area contributed by atoms with Gasteiger partial charge in [-0.2, -0.15) is 0 Å². The van der Waals surface area contributed by atoms with Gasteiger partial charge in [-0.05, 0) is 19.4 Å². The molecule has 0 spiro atoms. The molecule has 1 atom stereocenters. The minimum Gasteiger partial charge on any atom is -0.468 e. The maximum atomic E-state index is 11.7. The summed E-state index contributed by atoms with van der Waals surface area (Å²) in [6.07, 6.45) is 4.35. The van der Waals surface area contributed by atoms with Gasteiger partial charge in [0.1, 0.15) is 0 Å². The number of ether oxygens (including phenoxy) is 4. The van der Waals surface area contributed by atoms with Gasteiger partial charge in [-0.15, -0.1) is 6.58 Å². The van der Waals surface area contributed by atoms with Gasteiger partial charge in [-0.3, -0.25) is 9.59 Å². The van der Waals surface area contributed by atoms with E-state index in [1.165, 1.54) is 28.3 Å². The van der Waals surface area contributed by atoms with Crippen molar-refractivity contribution in [3.63, 3.8) is 0 Å². The van der Waals surface area contributed by atoms with E-state index in [9.17, 15) is 9.59 Å². The van der Waals surface area contributed by atoms with Crippen molar-refractivity contribution in [3.8, 4) is 0 Å². The topological polar surface area (TPSA) is 71.1 Å². The van der Waals surface area contributed by atoms with Crippen molar-refractivity contribution >= 4 is 11.9 Å². The molecule has 0 amide bonds. The quantitative estimate of drug-likeness (QED) is 0.276. The van der Waals surface area contributed by atoms with E-state index in [-0.39, 0.29) is 6.42 Å². The molecule has 0 fully saturated rings. The Kier molecular flexibility index (Phi) is 8.51. The average molecular weight is 286 g/mol. The van der Waals surface area contributed by atoms with Crippen LogP contribution in [0.1, 0.15) is 13.3 Å². The third kappa shape index (κ3) is 5.14. The summed E-state index contributed by atoms with van der Waals surface area (Å²) < 4.78 is 19.6. The summed E-state index contributed by atoms with van der Waals surface area (Å²) in [6.45, 7) is 5.32. The first-order valence-corrected chi connectivity index (χ1v) is 6.05. The van der Waals surface area contributed by atoms with Crippen molar-refractivity contribution in [1.29, 1.82) is 0 Å². The molecular weight excluding hydrogens is 264 g/mol. The van der Waals surface area contributed by atoms with Crippen LogP contribution in [0.15, 0.2) is 24.8 Å². The molecule has 0 saturated heterocycles. The summed E-state index contributed by atoms with van der Waals surface area (Å²) in [5, 5.41) is 0. The molecule has 20 heavy (non-hydrogen) atoms. The number of esters is 2. The Morgan fingerprint density at radius 2 is 1.75 bits per heavy atom. The predicted molar refractivity (Wildman–Crippen MR) is 72.8 cm³/mol. The maximum Gasteiger partial charge on any atom is 0.323 e. The van der Waals surface area contributed by atoms with Crippen LogP contribution in [0.25, 0.3) is 0 Å². The van der Waals surface area contributed by atoms with E-state index >= 15 is 0 Å².